The van der Waals surface area contributed by atoms with Gasteiger partial charge in [0.25, 0.3) is 5.91 Å². The first-order valence-electron chi connectivity index (χ1n) is 9.32. The topological polar surface area (TPSA) is 90.1 Å². The molecular formula is C19H28ClN5O2. The van der Waals surface area contributed by atoms with Gasteiger partial charge in [-0.3, -0.25) is 14.7 Å². The normalized spacial score (nSPS) is 14.8. The molecule has 1 fully saturated rings. The molecule has 1 aromatic carbocycles. The van der Waals surface area contributed by atoms with E-state index in [1.807, 2.05) is 36.2 Å². The highest BCUT2D eigenvalue weighted by molar-refractivity contribution is 6.04. The summed E-state index contributed by atoms with van der Waals surface area (Å²) < 4.78 is 0. The van der Waals surface area contributed by atoms with Crippen molar-refractivity contribution in [3.8, 4) is 0 Å². The number of benzene rings is 1. The number of carbonyl (C=O) groups excluding carboxylic acids is 2. The molecule has 1 aromatic heterocycles. The molecule has 27 heavy (non-hydrogen) atoms. The van der Waals surface area contributed by atoms with Gasteiger partial charge in [0.2, 0.25) is 5.91 Å². The van der Waals surface area contributed by atoms with E-state index in [0.717, 1.165) is 43.4 Å². The summed E-state index contributed by atoms with van der Waals surface area (Å²) >= 11 is 0. The molecule has 0 unspecified atom stereocenters. The molecule has 0 aliphatic carbocycles. The molecule has 148 valence electrons. The number of nitrogens with zero attached hydrogens (tertiary/aromatic N) is 2. The Bertz CT molecular complexity index is 755. The van der Waals surface area contributed by atoms with Crippen LogP contribution in [0.4, 0.5) is 0 Å². The number of fused-ring (bicyclic) bond motifs is 1. The van der Waals surface area contributed by atoms with E-state index in [1.54, 1.807) is 0 Å². The van der Waals surface area contributed by atoms with E-state index in [2.05, 4.69) is 20.8 Å². The maximum atomic E-state index is 12.3. The van der Waals surface area contributed by atoms with Crippen LogP contribution >= 0.6 is 12.4 Å². The molecule has 0 bridgehead atoms. The number of hydrogen-bond donors (Lipinski definition) is 3. The Labute approximate surface area is 165 Å². The van der Waals surface area contributed by atoms with Gasteiger partial charge in [0.1, 0.15) is 0 Å². The number of hydrogen-bond acceptors (Lipinski definition) is 4. The van der Waals surface area contributed by atoms with Crippen molar-refractivity contribution in [3.63, 3.8) is 0 Å². The number of amides is 2. The molecule has 0 atom stereocenters. The number of aromatic amines is 1. The van der Waals surface area contributed by atoms with Crippen LogP contribution in [-0.2, 0) is 4.79 Å². The van der Waals surface area contributed by atoms with Crippen molar-refractivity contribution in [2.24, 2.45) is 5.92 Å². The smallest absolute Gasteiger partial charge is 0.272 e. The molecule has 2 aromatic rings. The zero-order valence-corrected chi connectivity index (χ0v) is 16.5. The number of halogens is 1. The molecule has 2 heterocycles. The summed E-state index contributed by atoms with van der Waals surface area (Å²) in [6.07, 6.45) is 3.64. The van der Waals surface area contributed by atoms with Crippen LogP contribution in [0.1, 0.15) is 36.2 Å². The molecule has 0 spiro atoms. The number of piperidine rings is 1. The maximum Gasteiger partial charge on any atom is 0.272 e. The van der Waals surface area contributed by atoms with Crippen molar-refractivity contribution in [2.45, 2.75) is 25.7 Å². The van der Waals surface area contributed by atoms with E-state index >= 15 is 0 Å². The van der Waals surface area contributed by atoms with Crippen LogP contribution in [0.3, 0.4) is 0 Å². The first-order valence-corrected chi connectivity index (χ1v) is 9.32. The van der Waals surface area contributed by atoms with Gasteiger partial charge in [0, 0.05) is 31.4 Å². The van der Waals surface area contributed by atoms with E-state index in [-0.39, 0.29) is 24.2 Å². The van der Waals surface area contributed by atoms with E-state index in [1.165, 1.54) is 6.42 Å². The van der Waals surface area contributed by atoms with Gasteiger partial charge in [-0.25, -0.2) is 0 Å². The molecule has 2 amide bonds. The Kier molecular flexibility index (Phi) is 8.06. The number of aromatic nitrogens is 2. The number of rotatable bonds is 7. The highest BCUT2D eigenvalue weighted by Gasteiger charge is 2.22. The Morgan fingerprint density at radius 3 is 2.70 bits per heavy atom. The molecule has 3 N–H and O–H groups in total. The monoisotopic (exact) mass is 393 g/mol. The van der Waals surface area contributed by atoms with Crippen molar-refractivity contribution in [1.29, 1.82) is 0 Å². The van der Waals surface area contributed by atoms with Crippen LogP contribution < -0.4 is 10.6 Å². The summed E-state index contributed by atoms with van der Waals surface area (Å²) in [6.45, 7) is 3.02. The average molecular weight is 394 g/mol. The predicted molar refractivity (Wildman–Crippen MR) is 108 cm³/mol. The van der Waals surface area contributed by atoms with E-state index in [0.29, 0.717) is 24.6 Å². The lowest BCUT2D eigenvalue weighted by molar-refractivity contribution is -0.132. The molecule has 3 rings (SSSR count). The minimum atomic E-state index is -0.249. The summed E-state index contributed by atoms with van der Waals surface area (Å²) in [4.78, 5) is 26.6. The molecular weight excluding hydrogens is 366 g/mol. The van der Waals surface area contributed by atoms with Crippen molar-refractivity contribution in [3.05, 3.63) is 30.0 Å². The maximum absolute atomic E-state index is 12.3. The third-order valence-electron chi connectivity index (χ3n) is 5.08. The fourth-order valence-corrected chi connectivity index (χ4v) is 3.48. The number of carbonyl (C=O) groups is 2. The minimum absolute atomic E-state index is 0. The first-order chi connectivity index (χ1) is 12.7. The van der Waals surface area contributed by atoms with Crippen LogP contribution in [0.5, 0.6) is 0 Å². The van der Waals surface area contributed by atoms with Crippen molar-refractivity contribution < 1.29 is 9.59 Å². The lowest BCUT2D eigenvalue weighted by atomic mass is 9.93. The van der Waals surface area contributed by atoms with Crippen LogP contribution in [0.15, 0.2) is 24.3 Å². The fourth-order valence-electron chi connectivity index (χ4n) is 3.48. The highest BCUT2D eigenvalue weighted by Crippen LogP contribution is 2.20. The first kappa shape index (κ1) is 21.2. The van der Waals surface area contributed by atoms with Gasteiger partial charge < -0.3 is 15.5 Å². The van der Waals surface area contributed by atoms with Gasteiger partial charge in [0.15, 0.2) is 5.69 Å². The van der Waals surface area contributed by atoms with Crippen molar-refractivity contribution >= 4 is 35.1 Å². The third-order valence-corrected chi connectivity index (χ3v) is 5.08. The second-order valence-electron chi connectivity index (χ2n) is 6.84. The lowest BCUT2D eigenvalue weighted by Crippen LogP contribution is -2.40. The lowest BCUT2D eigenvalue weighted by Gasteiger charge is -2.32. The Morgan fingerprint density at radius 1 is 1.22 bits per heavy atom. The Hall–Kier alpha value is -2.12. The van der Waals surface area contributed by atoms with Crippen LogP contribution in [0, 0.1) is 5.92 Å². The number of H-pyrrole nitrogens is 1. The van der Waals surface area contributed by atoms with Gasteiger partial charge in [-0.1, -0.05) is 18.2 Å². The SMILES string of the molecule is CNCCC1CCN(C(=O)CCNC(=O)c2n[nH]c3ccccc23)CC1.Cl. The summed E-state index contributed by atoms with van der Waals surface area (Å²) in [5.41, 5.74) is 1.20. The predicted octanol–water partition coefficient (Wildman–Crippen LogP) is 1.95. The van der Waals surface area contributed by atoms with Crippen LogP contribution in [0.2, 0.25) is 0 Å². The van der Waals surface area contributed by atoms with E-state index in [9.17, 15) is 9.59 Å². The van der Waals surface area contributed by atoms with Gasteiger partial charge in [-0.15, -0.1) is 12.4 Å². The van der Waals surface area contributed by atoms with Gasteiger partial charge >= 0.3 is 0 Å². The Morgan fingerprint density at radius 2 is 1.96 bits per heavy atom. The average Bonchev–Trinajstić information content (AvgIpc) is 3.11. The van der Waals surface area contributed by atoms with E-state index in [4.69, 9.17) is 0 Å². The minimum Gasteiger partial charge on any atom is -0.350 e. The van der Waals surface area contributed by atoms with Crippen LogP contribution in [0.25, 0.3) is 10.9 Å². The summed E-state index contributed by atoms with van der Waals surface area (Å²) in [5, 5.41) is 13.7. The second-order valence-corrected chi connectivity index (χ2v) is 6.84. The van der Waals surface area contributed by atoms with Crippen LogP contribution in [-0.4, -0.2) is 60.1 Å². The molecule has 8 heteroatoms. The molecule has 1 aliphatic heterocycles. The molecule has 0 radical (unpaired) electrons. The molecule has 1 aliphatic rings. The molecule has 7 nitrogen and oxygen atoms in total. The van der Waals surface area contributed by atoms with Crippen molar-refractivity contribution in [1.82, 2.24) is 25.7 Å². The quantitative estimate of drug-likeness (QED) is 0.670. The van der Waals surface area contributed by atoms with Gasteiger partial charge in [0.05, 0.1) is 5.52 Å². The zero-order valence-electron chi connectivity index (χ0n) is 15.7. The van der Waals surface area contributed by atoms with E-state index < -0.39 is 0 Å². The summed E-state index contributed by atoms with van der Waals surface area (Å²) in [6, 6.07) is 7.50. The number of likely N-dealkylation sites (tertiary alicyclic amines) is 1. The number of nitrogens with one attached hydrogen (secondary N) is 3. The fraction of sp³-hybridized carbons (Fsp3) is 0.526. The Balaban J connectivity index is 0.00000261. The highest BCUT2D eigenvalue weighted by atomic mass is 35.5. The largest absolute Gasteiger partial charge is 0.350 e. The zero-order chi connectivity index (χ0) is 18.4. The third kappa shape index (κ3) is 5.43. The summed E-state index contributed by atoms with van der Waals surface area (Å²) in [5.74, 6) is 0.574. The standard InChI is InChI=1S/C19H27N5O2.ClH/c1-20-10-6-14-8-12-24(13-9-14)17(25)7-11-21-19(26)18-15-4-2-3-5-16(15)22-23-18;/h2-5,14,20H,6-13H2,1H3,(H,21,26)(H,22,23);1H. The second kappa shape index (κ2) is 10.3. The summed E-state index contributed by atoms with van der Waals surface area (Å²) in [7, 11) is 1.97. The van der Waals surface area contributed by atoms with Crippen molar-refractivity contribution in [2.75, 3.05) is 33.2 Å². The molecule has 0 saturated carbocycles. The van der Waals surface area contributed by atoms with Gasteiger partial charge in [-0.2, -0.15) is 5.10 Å². The van der Waals surface area contributed by atoms with Gasteiger partial charge in [-0.05, 0) is 44.8 Å². The molecule has 1 saturated heterocycles. The number of para-hydroxylation sites is 1.